The van der Waals surface area contributed by atoms with Gasteiger partial charge in [-0.25, -0.2) is 13.8 Å². The summed E-state index contributed by atoms with van der Waals surface area (Å²) in [6, 6.07) is 6.48. The van der Waals surface area contributed by atoms with Crippen molar-refractivity contribution in [2.75, 3.05) is 31.5 Å². The maximum atomic E-state index is 13.4. The van der Waals surface area contributed by atoms with Gasteiger partial charge in [0.1, 0.15) is 17.5 Å². The second kappa shape index (κ2) is 8.43. The van der Waals surface area contributed by atoms with Crippen molar-refractivity contribution in [3.05, 3.63) is 48.2 Å². The van der Waals surface area contributed by atoms with Gasteiger partial charge in [0, 0.05) is 44.9 Å². The van der Waals surface area contributed by atoms with E-state index in [-0.39, 0.29) is 24.4 Å². The van der Waals surface area contributed by atoms with E-state index in [9.17, 15) is 18.4 Å². The fourth-order valence-electron chi connectivity index (χ4n) is 3.43. The molecular weight excluding hydrogens is 366 g/mol. The normalized spacial score (nSPS) is 17.4. The molecule has 1 unspecified atom stereocenters. The van der Waals surface area contributed by atoms with E-state index in [0.29, 0.717) is 36.6 Å². The van der Waals surface area contributed by atoms with Gasteiger partial charge in [-0.15, -0.1) is 0 Å². The molecule has 1 aromatic heterocycles. The molecule has 0 saturated carbocycles. The highest BCUT2D eigenvalue weighted by molar-refractivity contribution is 5.92. The Bertz CT molecular complexity index is 870. The number of halogens is 2. The Morgan fingerprint density at radius 3 is 2.50 bits per heavy atom. The minimum Gasteiger partial charge on any atom is -0.338 e. The average Bonchev–Trinajstić information content (AvgIpc) is 2.60. The molecule has 2 heterocycles. The zero-order valence-corrected chi connectivity index (χ0v) is 15.8. The third kappa shape index (κ3) is 4.89. The number of rotatable bonds is 4. The van der Waals surface area contributed by atoms with Gasteiger partial charge >= 0.3 is 0 Å². The summed E-state index contributed by atoms with van der Waals surface area (Å²) in [5, 5.41) is 2.72. The van der Waals surface area contributed by atoms with E-state index >= 15 is 0 Å². The van der Waals surface area contributed by atoms with Gasteiger partial charge < -0.3 is 10.2 Å². The zero-order chi connectivity index (χ0) is 20.3. The summed E-state index contributed by atoms with van der Waals surface area (Å²) in [5.74, 6) is -1.24. The van der Waals surface area contributed by atoms with Crippen molar-refractivity contribution in [2.45, 2.75) is 19.9 Å². The summed E-state index contributed by atoms with van der Waals surface area (Å²) in [4.78, 5) is 31.8. The van der Waals surface area contributed by atoms with E-state index in [1.54, 1.807) is 24.0 Å². The third-order valence-corrected chi connectivity index (χ3v) is 4.71. The first-order valence-electron chi connectivity index (χ1n) is 9.04. The Kier molecular flexibility index (Phi) is 5.99. The minimum atomic E-state index is -0.670. The van der Waals surface area contributed by atoms with Crippen LogP contribution in [0, 0.1) is 11.6 Å². The number of carbonyl (C=O) groups is 2. The van der Waals surface area contributed by atoms with Gasteiger partial charge in [-0.2, -0.15) is 0 Å². The molecule has 0 aliphatic carbocycles. The van der Waals surface area contributed by atoms with E-state index in [4.69, 9.17) is 0 Å². The molecule has 3 rings (SSSR count). The quantitative estimate of drug-likeness (QED) is 0.874. The lowest BCUT2D eigenvalue weighted by molar-refractivity contribution is -0.133. The van der Waals surface area contributed by atoms with Crippen molar-refractivity contribution < 1.29 is 18.4 Å². The number of amides is 2. The van der Waals surface area contributed by atoms with Crippen molar-refractivity contribution >= 4 is 17.6 Å². The van der Waals surface area contributed by atoms with Crippen LogP contribution >= 0.6 is 0 Å². The monoisotopic (exact) mass is 388 g/mol. The molecule has 0 spiro atoms. The molecule has 1 aliphatic rings. The van der Waals surface area contributed by atoms with Crippen LogP contribution in [-0.2, 0) is 9.59 Å². The highest BCUT2D eigenvalue weighted by Crippen LogP contribution is 2.23. The molecule has 28 heavy (non-hydrogen) atoms. The second-order valence-corrected chi connectivity index (χ2v) is 6.93. The number of nitrogens with one attached hydrogen (secondary N) is 1. The van der Waals surface area contributed by atoms with Crippen LogP contribution in [-0.4, -0.2) is 58.8 Å². The summed E-state index contributed by atoms with van der Waals surface area (Å²) in [5.41, 5.74) is 0.914. The summed E-state index contributed by atoms with van der Waals surface area (Å²) >= 11 is 0. The minimum absolute atomic E-state index is 0.0337. The number of hydrogen-bond donors (Lipinski definition) is 1. The number of nitrogens with zero attached hydrogens (tertiary/aromatic N) is 3. The Morgan fingerprint density at radius 2 is 1.86 bits per heavy atom. The molecule has 8 heteroatoms. The topological polar surface area (TPSA) is 65.5 Å². The van der Waals surface area contributed by atoms with Gasteiger partial charge in [-0.05, 0) is 42.3 Å². The maximum absolute atomic E-state index is 13.4. The number of piperazine rings is 1. The van der Waals surface area contributed by atoms with E-state index in [0.717, 1.165) is 6.07 Å². The van der Waals surface area contributed by atoms with Crippen molar-refractivity contribution in [2.24, 2.45) is 0 Å². The van der Waals surface area contributed by atoms with Crippen LogP contribution in [0.15, 0.2) is 36.5 Å². The van der Waals surface area contributed by atoms with Crippen LogP contribution < -0.4 is 5.32 Å². The highest BCUT2D eigenvalue weighted by Gasteiger charge is 2.26. The molecule has 2 aromatic rings. The van der Waals surface area contributed by atoms with Crippen LogP contribution in [0.1, 0.15) is 13.8 Å². The van der Waals surface area contributed by atoms with Crippen molar-refractivity contribution in [3.63, 3.8) is 0 Å². The Morgan fingerprint density at radius 1 is 1.14 bits per heavy atom. The molecule has 1 N–H and O–H groups in total. The Balaban J connectivity index is 1.63. The zero-order valence-electron chi connectivity index (χ0n) is 15.8. The van der Waals surface area contributed by atoms with Crippen LogP contribution in [0.4, 0.5) is 14.6 Å². The first-order valence-corrected chi connectivity index (χ1v) is 9.04. The Labute approximate surface area is 162 Å². The lowest BCUT2D eigenvalue weighted by Gasteiger charge is -2.39. The molecule has 1 saturated heterocycles. The van der Waals surface area contributed by atoms with Gasteiger partial charge in [-0.1, -0.05) is 0 Å². The summed E-state index contributed by atoms with van der Waals surface area (Å²) in [6.07, 6.45) is 1.47. The lowest BCUT2D eigenvalue weighted by atomic mass is 10.1. The largest absolute Gasteiger partial charge is 0.338 e. The SMILES string of the molecule is CC(=O)N1CCN(CC(=O)Nc2cc(-c3cc(F)cc(F)c3)ccn2)CC1C. The number of aromatic nitrogens is 1. The molecule has 6 nitrogen and oxygen atoms in total. The van der Waals surface area contributed by atoms with E-state index in [2.05, 4.69) is 10.3 Å². The molecule has 0 bridgehead atoms. The smallest absolute Gasteiger partial charge is 0.239 e. The average molecular weight is 388 g/mol. The van der Waals surface area contributed by atoms with Crippen LogP contribution in [0.25, 0.3) is 11.1 Å². The van der Waals surface area contributed by atoms with E-state index < -0.39 is 11.6 Å². The van der Waals surface area contributed by atoms with Gasteiger partial charge in [0.15, 0.2) is 0 Å². The van der Waals surface area contributed by atoms with Crippen LogP contribution in [0.5, 0.6) is 0 Å². The van der Waals surface area contributed by atoms with Crippen LogP contribution in [0.2, 0.25) is 0 Å². The first-order chi connectivity index (χ1) is 13.3. The molecule has 1 atom stereocenters. The highest BCUT2D eigenvalue weighted by atomic mass is 19.1. The number of benzene rings is 1. The molecule has 1 aromatic carbocycles. The summed E-state index contributed by atoms with van der Waals surface area (Å²) in [6.45, 7) is 5.49. The van der Waals surface area contributed by atoms with E-state index in [1.165, 1.54) is 18.3 Å². The Hall–Kier alpha value is -2.87. The number of carbonyl (C=O) groups excluding carboxylic acids is 2. The van der Waals surface area contributed by atoms with Gasteiger partial charge in [0.25, 0.3) is 0 Å². The van der Waals surface area contributed by atoms with E-state index in [1.807, 2.05) is 11.8 Å². The summed E-state index contributed by atoms with van der Waals surface area (Å²) < 4.78 is 26.9. The predicted octanol–water partition coefficient (Wildman–Crippen LogP) is 2.52. The molecular formula is C20H22F2N4O2. The maximum Gasteiger partial charge on any atom is 0.239 e. The number of pyridine rings is 1. The van der Waals surface area contributed by atoms with Crippen LogP contribution in [0.3, 0.4) is 0 Å². The van der Waals surface area contributed by atoms with Crippen molar-refractivity contribution in [1.29, 1.82) is 0 Å². The summed E-state index contributed by atoms with van der Waals surface area (Å²) in [7, 11) is 0. The fourth-order valence-corrected chi connectivity index (χ4v) is 3.43. The third-order valence-electron chi connectivity index (χ3n) is 4.71. The number of hydrogen-bond acceptors (Lipinski definition) is 4. The van der Waals surface area contributed by atoms with Gasteiger partial charge in [0.05, 0.1) is 6.54 Å². The van der Waals surface area contributed by atoms with Crippen molar-refractivity contribution in [3.8, 4) is 11.1 Å². The molecule has 0 radical (unpaired) electrons. The second-order valence-electron chi connectivity index (χ2n) is 6.93. The standard InChI is InChI=1S/C20H22F2N4O2/c1-13-11-25(5-6-26(13)14(2)27)12-20(28)24-19-9-15(3-4-23-19)16-7-17(21)10-18(22)8-16/h3-4,7-10,13H,5-6,11-12H2,1-2H3,(H,23,24,28). The fraction of sp³-hybridized carbons (Fsp3) is 0.350. The van der Waals surface area contributed by atoms with Gasteiger partial charge in [0.2, 0.25) is 11.8 Å². The first kappa shape index (κ1) is 19.9. The molecule has 2 amide bonds. The van der Waals surface area contributed by atoms with Gasteiger partial charge in [-0.3, -0.25) is 14.5 Å². The molecule has 1 fully saturated rings. The molecule has 148 valence electrons. The number of anilines is 1. The van der Waals surface area contributed by atoms with Crippen molar-refractivity contribution in [1.82, 2.24) is 14.8 Å². The molecule has 1 aliphatic heterocycles. The predicted molar refractivity (Wildman–Crippen MR) is 102 cm³/mol. The lowest BCUT2D eigenvalue weighted by Crippen LogP contribution is -2.54.